The Morgan fingerprint density at radius 2 is 2.03 bits per heavy atom. The summed E-state index contributed by atoms with van der Waals surface area (Å²) in [5.74, 6) is -0.975. The highest BCUT2D eigenvalue weighted by Gasteiger charge is 2.30. The van der Waals surface area contributed by atoms with Crippen molar-refractivity contribution in [2.24, 2.45) is 0 Å². The first kappa shape index (κ1) is 21.4. The number of benzene rings is 2. The Hall–Kier alpha value is -3.31. The summed E-state index contributed by atoms with van der Waals surface area (Å²) in [5, 5.41) is 15.2. The Labute approximate surface area is 178 Å². The third-order valence-corrected chi connectivity index (χ3v) is 5.46. The third kappa shape index (κ3) is 5.19. The summed E-state index contributed by atoms with van der Waals surface area (Å²) in [5.41, 5.74) is 1.29. The van der Waals surface area contributed by atoms with Crippen LogP contribution in [-0.2, 0) is 9.59 Å². The van der Waals surface area contributed by atoms with E-state index in [9.17, 15) is 19.2 Å². The van der Waals surface area contributed by atoms with Gasteiger partial charge in [-0.3, -0.25) is 9.59 Å². The summed E-state index contributed by atoms with van der Waals surface area (Å²) in [6.45, 7) is 2.44. The lowest BCUT2D eigenvalue weighted by Crippen LogP contribution is -2.31. The number of anilines is 1. The Bertz CT molecular complexity index is 1020. The van der Waals surface area contributed by atoms with Gasteiger partial charge in [0.25, 0.3) is 0 Å². The van der Waals surface area contributed by atoms with Crippen molar-refractivity contribution in [3.05, 3.63) is 70.5 Å². The van der Waals surface area contributed by atoms with E-state index in [1.807, 2.05) is 19.1 Å². The fraction of sp³-hybridized carbons (Fsp3) is 0.227. The number of amides is 2. The zero-order chi connectivity index (χ0) is 21.5. The van der Waals surface area contributed by atoms with Crippen LogP contribution in [0.15, 0.2) is 59.1 Å². The molecule has 154 valence electrons. The summed E-state index contributed by atoms with van der Waals surface area (Å²) in [6.07, 6.45) is 0.141. The molecule has 8 heteroatoms. The molecule has 1 heterocycles. The van der Waals surface area contributed by atoms with E-state index in [0.717, 1.165) is 17.3 Å². The molecule has 0 saturated heterocycles. The second kappa shape index (κ2) is 9.94. The number of ether oxygens (including phenoxy) is 1. The quantitative estimate of drug-likeness (QED) is 0.701. The molecule has 2 amide bonds. The first-order valence-corrected chi connectivity index (χ1v) is 10.3. The molecule has 0 radical (unpaired) electrons. The first-order valence-electron chi connectivity index (χ1n) is 9.35. The van der Waals surface area contributed by atoms with E-state index in [2.05, 4.69) is 16.7 Å². The highest BCUT2D eigenvalue weighted by Crippen LogP contribution is 2.36. The molecule has 30 heavy (non-hydrogen) atoms. The van der Waals surface area contributed by atoms with Gasteiger partial charge in [0.15, 0.2) is 0 Å². The molecule has 2 aromatic rings. The molecule has 2 N–H and O–H groups in total. The van der Waals surface area contributed by atoms with Gasteiger partial charge in [0.05, 0.1) is 34.7 Å². The molecule has 0 saturated carbocycles. The minimum absolute atomic E-state index is 0.0782. The van der Waals surface area contributed by atoms with Gasteiger partial charge >= 0.3 is 0 Å². The molecule has 6 nitrogen and oxygen atoms in total. The van der Waals surface area contributed by atoms with Gasteiger partial charge in [-0.15, -0.1) is 0 Å². The van der Waals surface area contributed by atoms with Crippen molar-refractivity contribution in [1.82, 2.24) is 5.32 Å². The second-order valence-corrected chi connectivity index (χ2v) is 7.46. The Kier molecular flexibility index (Phi) is 7.09. The molecule has 1 aliphatic rings. The third-order valence-electron chi connectivity index (χ3n) is 4.45. The average molecular weight is 425 g/mol. The van der Waals surface area contributed by atoms with Crippen molar-refractivity contribution in [3.63, 3.8) is 0 Å². The van der Waals surface area contributed by atoms with E-state index >= 15 is 0 Å². The molecule has 0 fully saturated rings. The number of allylic oxidation sites excluding steroid dienone is 1. The number of nitrogens with zero attached hydrogens (tertiary/aromatic N) is 1. The van der Waals surface area contributed by atoms with Gasteiger partial charge < -0.3 is 15.4 Å². The standard InChI is InChI=1S/C22H20FN3O3S/c1-2-29-15-9-7-14(8-10-15)16-11-20(27)26-22(17(16)12-24)30-13-21(28)25-19-6-4-3-5-18(19)23/h3-10,16H,2,11,13H2,1H3,(H,25,28)(H,26,27)/t16-/m1/s1. The Morgan fingerprint density at radius 1 is 1.30 bits per heavy atom. The van der Waals surface area contributed by atoms with E-state index in [4.69, 9.17) is 4.74 Å². The normalized spacial score (nSPS) is 15.9. The van der Waals surface area contributed by atoms with Gasteiger partial charge in [0.1, 0.15) is 11.6 Å². The number of nitrogens with one attached hydrogen (secondary N) is 2. The van der Waals surface area contributed by atoms with Crippen molar-refractivity contribution in [2.45, 2.75) is 19.3 Å². The van der Waals surface area contributed by atoms with Gasteiger partial charge in [0, 0.05) is 12.3 Å². The number of halogens is 1. The first-order chi connectivity index (χ1) is 14.5. The fourth-order valence-electron chi connectivity index (χ4n) is 3.07. The Balaban J connectivity index is 1.74. The summed E-state index contributed by atoms with van der Waals surface area (Å²) in [7, 11) is 0. The minimum atomic E-state index is -0.533. The molecule has 1 atom stereocenters. The maximum Gasteiger partial charge on any atom is 0.234 e. The molecule has 0 bridgehead atoms. The monoisotopic (exact) mass is 425 g/mol. The molecular weight excluding hydrogens is 405 g/mol. The van der Waals surface area contributed by atoms with Crippen LogP contribution in [0, 0.1) is 17.1 Å². The highest BCUT2D eigenvalue weighted by molar-refractivity contribution is 8.03. The van der Waals surface area contributed by atoms with Crippen LogP contribution in [0.2, 0.25) is 0 Å². The lowest BCUT2D eigenvalue weighted by Gasteiger charge is -2.25. The molecule has 2 aromatic carbocycles. The largest absolute Gasteiger partial charge is 0.494 e. The van der Waals surface area contributed by atoms with Crippen LogP contribution in [0.5, 0.6) is 5.75 Å². The number of nitriles is 1. The van der Waals surface area contributed by atoms with Gasteiger partial charge in [-0.05, 0) is 36.8 Å². The molecule has 0 aromatic heterocycles. The summed E-state index contributed by atoms with van der Waals surface area (Å²) < 4.78 is 19.1. The second-order valence-electron chi connectivity index (χ2n) is 6.48. The van der Waals surface area contributed by atoms with E-state index in [1.54, 1.807) is 18.2 Å². The average Bonchev–Trinajstić information content (AvgIpc) is 2.74. The fourth-order valence-corrected chi connectivity index (χ4v) is 3.94. The molecule has 0 spiro atoms. The number of carbonyl (C=O) groups excluding carboxylic acids is 2. The number of para-hydroxylation sites is 1. The summed E-state index contributed by atoms with van der Waals surface area (Å²) in [4.78, 5) is 24.4. The van der Waals surface area contributed by atoms with E-state index in [1.165, 1.54) is 18.2 Å². The van der Waals surface area contributed by atoms with Gasteiger partial charge in [-0.1, -0.05) is 36.0 Å². The number of carbonyl (C=O) groups is 2. The topological polar surface area (TPSA) is 91.2 Å². The van der Waals surface area contributed by atoms with Crippen molar-refractivity contribution in [3.8, 4) is 11.8 Å². The van der Waals surface area contributed by atoms with Crippen LogP contribution in [0.1, 0.15) is 24.8 Å². The zero-order valence-electron chi connectivity index (χ0n) is 16.3. The molecule has 0 aliphatic carbocycles. The van der Waals surface area contributed by atoms with E-state index < -0.39 is 17.6 Å². The van der Waals surface area contributed by atoms with Crippen molar-refractivity contribution in [1.29, 1.82) is 5.26 Å². The van der Waals surface area contributed by atoms with Crippen molar-refractivity contribution in [2.75, 3.05) is 17.7 Å². The molecule has 1 aliphatic heterocycles. The molecular formula is C22H20FN3O3S. The molecule has 3 rings (SSSR count). The predicted molar refractivity (Wildman–Crippen MR) is 113 cm³/mol. The number of hydrogen-bond acceptors (Lipinski definition) is 5. The SMILES string of the molecule is CCOc1ccc([C@H]2CC(=O)NC(SCC(=O)Nc3ccccc3F)=C2C#N)cc1. The highest BCUT2D eigenvalue weighted by atomic mass is 32.2. The number of hydrogen-bond donors (Lipinski definition) is 2. The van der Waals surface area contributed by atoms with Gasteiger partial charge in [-0.25, -0.2) is 4.39 Å². The van der Waals surface area contributed by atoms with Crippen LogP contribution in [-0.4, -0.2) is 24.2 Å². The lowest BCUT2D eigenvalue weighted by atomic mass is 9.87. The molecule has 0 unspecified atom stereocenters. The minimum Gasteiger partial charge on any atom is -0.494 e. The van der Waals surface area contributed by atoms with E-state index in [-0.39, 0.29) is 23.8 Å². The number of rotatable bonds is 7. The zero-order valence-corrected chi connectivity index (χ0v) is 17.1. The summed E-state index contributed by atoms with van der Waals surface area (Å²) >= 11 is 1.04. The van der Waals surface area contributed by atoms with Crippen LogP contribution in [0.3, 0.4) is 0 Å². The van der Waals surface area contributed by atoms with Crippen molar-refractivity contribution < 1.29 is 18.7 Å². The van der Waals surface area contributed by atoms with Crippen LogP contribution in [0.4, 0.5) is 10.1 Å². The lowest BCUT2D eigenvalue weighted by molar-refractivity contribution is -0.121. The van der Waals surface area contributed by atoms with Crippen LogP contribution < -0.4 is 15.4 Å². The van der Waals surface area contributed by atoms with Crippen LogP contribution in [0.25, 0.3) is 0 Å². The smallest absolute Gasteiger partial charge is 0.234 e. The van der Waals surface area contributed by atoms with Crippen molar-refractivity contribution >= 4 is 29.3 Å². The van der Waals surface area contributed by atoms with Crippen LogP contribution >= 0.6 is 11.8 Å². The maximum absolute atomic E-state index is 13.7. The van der Waals surface area contributed by atoms with Gasteiger partial charge in [0.2, 0.25) is 11.8 Å². The van der Waals surface area contributed by atoms with E-state index in [0.29, 0.717) is 23.0 Å². The maximum atomic E-state index is 13.7. The summed E-state index contributed by atoms with van der Waals surface area (Å²) in [6, 6.07) is 15.3. The van der Waals surface area contributed by atoms with Gasteiger partial charge in [-0.2, -0.15) is 5.26 Å². The predicted octanol–water partition coefficient (Wildman–Crippen LogP) is 3.93. The number of thioether (sulfide) groups is 1. The Morgan fingerprint density at radius 3 is 2.70 bits per heavy atom.